The summed E-state index contributed by atoms with van der Waals surface area (Å²) in [4.78, 5) is 0. The van der Waals surface area contributed by atoms with Gasteiger partial charge in [0.05, 0.1) is 12.6 Å². The predicted octanol–water partition coefficient (Wildman–Crippen LogP) is -1.95. The lowest BCUT2D eigenvalue weighted by Crippen LogP contribution is -2.62. The average Bonchev–Trinajstić information content (AvgIpc) is 2.16. The summed E-state index contributed by atoms with van der Waals surface area (Å²) in [7, 11) is 2.95. The van der Waals surface area contributed by atoms with Crippen LogP contribution in [0.2, 0.25) is 0 Å². The molecule has 1 rings (SSSR count). The lowest BCUT2D eigenvalue weighted by atomic mass is 9.98. The second-order valence-electron chi connectivity index (χ2n) is 3.29. The van der Waals surface area contributed by atoms with E-state index in [9.17, 15) is 10.2 Å². The van der Waals surface area contributed by atoms with E-state index in [1.165, 1.54) is 14.2 Å². The highest BCUT2D eigenvalue weighted by Gasteiger charge is 2.42. The van der Waals surface area contributed by atoms with Gasteiger partial charge in [-0.15, -0.1) is 0 Å². The molecule has 5 atom stereocenters. The van der Waals surface area contributed by atoms with Crippen molar-refractivity contribution in [3.05, 3.63) is 0 Å². The van der Waals surface area contributed by atoms with E-state index < -0.39 is 30.6 Å². The Balaban J connectivity index is 2.66. The van der Waals surface area contributed by atoms with Crippen LogP contribution in [0.1, 0.15) is 0 Å². The molecule has 14 heavy (non-hydrogen) atoms. The molecule has 0 saturated carbocycles. The average molecular weight is 207 g/mol. The van der Waals surface area contributed by atoms with Crippen molar-refractivity contribution >= 4 is 0 Å². The number of aliphatic hydroxyl groups excluding tert-OH is 2. The van der Waals surface area contributed by atoms with Gasteiger partial charge in [-0.25, -0.2) is 0 Å². The van der Waals surface area contributed by atoms with Crippen LogP contribution in [0.25, 0.3) is 0 Å². The van der Waals surface area contributed by atoms with Crippen molar-refractivity contribution in [1.29, 1.82) is 0 Å². The van der Waals surface area contributed by atoms with Crippen molar-refractivity contribution in [3.63, 3.8) is 0 Å². The third-order valence-corrected chi connectivity index (χ3v) is 2.34. The smallest absolute Gasteiger partial charge is 0.173 e. The van der Waals surface area contributed by atoms with Crippen molar-refractivity contribution in [3.8, 4) is 0 Å². The standard InChI is InChI=1S/C8H17NO5/c1-12-3-4-7(13-2)6(10)5(9)8(11)14-4/h4-8,10-11H,3,9H2,1-2H3/t4-,5-,6-,7+,8+/m1/s1. The van der Waals surface area contributed by atoms with Crippen molar-refractivity contribution in [2.75, 3.05) is 20.8 Å². The van der Waals surface area contributed by atoms with Crippen LogP contribution in [-0.4, -0.2) is 61.7 Å². The van der Waals surface area contributed by atoms with E-state index in [0.717, 1.165) is 0 Å². The molecule has 1 heterocycles. The van der Waals surface area contributed by atoms with Crippen molar-refractivity contribution < 1.29 is 24.4 Å². The molecule has 0 aromatic rings. The molecule has 1 fully saturated rings. The molecule has 0 amide bonds. The fraction of sp³-hybridized carbons (Fsp3) is 1.00. The van der Waals surface area contributed by atoms with Gasteiger partial charge in [-0.05, 0) is 0 Å². The topological polar surface area (TPSA) is 94.2 Å². The Kier molecular flexibility index (Phi) is 4.24. The highest BCUT2D eigenvalue weighted by molar-refractivity contribution is 4.91. The largest absolute Gasteiger partial charge is 0.388 e. The van der Waals surface area contributed by atoms with Crippen LogP contribution in [0.15, 0.2) is 0 Å². The first kappa shape index (κ1) is 11.8. The van der Waals surface area contributed by atoms with Gasteiger partial charge in [0.1, 0.15) is 18.3 Å². The zero-order chi connectivity index (χ0) is 10.7. The van der Waals surface area contributed by atoms with Crippen LogP contribution < -0.4 is 5.73 Å². The van der Waals surface area contributed by atoms with Crippen molar-refractivity contribution in [2.45, 2.75) is 30.6 Å². The molecule has 1 saturated heterocycles. The van der Waals surface area contributed by atoms with Gasteiger partial charge in [-0.2, -0.15) is 0 Å². The molecule has 0 aromatic carbocycles. The summed E-state index contributed by atoms with van der Waals surface area (Å²) >= 11 is 0. The summed E-state index contributed by atoms with van der Waals surface area (Å²) in [6.45, 7) is 0.235. The fourth-order valence-corrected chi connectivity index (χ4v) is 1.54. The molecule has 0 bridgehead atoms. The highest BCUT2D eigenvalue weighted by atomic mass is 16.6. The summed E-state index contributed by atoms with van der Waals surface area (Å²) in [6, 6.07) is -0.854. The summed E-state index contributed by atoms with van der Waals surface area (Å²) in [6.07, 6.45) is -3.22. The molecular weight excluding hydrogens is 190 g/mol. The fourth-order valence-electron chi connectivity index (χ4n) is 1.54. The number of aliphatic hydroxyl groups is 2. The van der Waals surface area contributed by atoms with Crippen LogP contribution in [0.3, 0.4) is 0 Å². The quantitative estimate of drug-likeness (QED) is 0.498. The third-order valence-electron chi connectivity index (χ3n) is 2.34. The Bertz CT molecular complexity index is 179. The second kappa shape index (κ2) is 5.01. The van der Waals surface area contributed by atoms with Gasteiger partial charge in [-0.1, -0.05) is 0 Å². The Morgan fingerprint density at radius 3 is 2.50 bits per heavy atom. The van der Waals surface area contributed by atoms with E-state index in [1.807, 2.05) is 0 Å². The van der Waals surface area contributed by atoms with Gasteiger partial charge in [-0.3, -0.25) is 0 Å². The van der Waals surface area contributed by atoms with Crippen LogP contribution in [-0.2, 0) is 14.2 Å². The van der Waals surface area contributed by atoms with Gasteiger partial charge in [0.2, 0.25) is 0 Å². The predicted molar refractivity (Wildman–Crippen MR) is 47.5 cm³/mol. The highest BCUT2D eigenvalue weighted by Crippen LogP contribution is 2.20. The van der Waals surface area contributed by atoms with E-state index in [4.69, 9.17) is 19.9 Å². The normalized spacial score (nSPS) is 43.9. The molecule has 6 nitrogen and oxygen atoms in total. The maximum Gasteiger partial charge on any atom is 0.173 e. The number of nitrogens with two attached hydrogens (primary N) is 1. The summed E-state index contributed by atoms with van der Waals surface area (Å²) in [5.74, 6) is 0. The van der Waals surface area contributed by atoms with E-state index in [1.54, 1.807) is 0 Å². The van der Waals surface area contributed by atoms with Crippen LogP contribution >= 0.6 is 0 Å². The number of hydrogen-bond donors (Lipinski definition) is 3. The Hall–Kier alpha value is -0.240. The molecule has 0 aromatic heterocycles. The zero-order valence-corrected chi connectivity index (χ0v) is 8.29. The SMILES string of the molecule is COC[C@H]1O[C@H](O)[C@H](N)[C@@H](O)[C@H]1OC. The minimum Gasteiger partial charge on any atom is -0.388 e. The first-order valence-electron chi connectivity index (χ1n) is 4.40. The molecule has 0 radical (unpaired) electrons. The van der Waals surface area contributed by atoms with Gasteiger partial charge in [0, 0.05) is 14.2 Å². The molecule has 0 unspecified atom stereocenters. The van der Waals surface area contributed by atoms with Crippen molar-refractivity contribution in [1.82, 2.24) is 0 Å². The number of methoxy groups -OCH3 is 2. The monoisotopic (exact) mass is 207 g/mol. The number of ether oxygens (including phenoxy) is 3. The molecule has 1 aliphatic rings. The number of hydrogen-bond acceptors (Lipinski definition) is 6. The minimum atomic E-state index is -1.18. The Morgan fingerprint density at radius 2 is 2.00 bits per heavy atom. The maximum absolute atomic E-state index is 9.66. The molecular formula is C8H17NO5. The van der Waals surface area contributed by atoms with Crippen LogP contribution in [0.5, 0.6) is 0 Å². The van der Waals surface area contributed by atoms with Gasteiger partial charge in [0.25, 0.3) is 0 Å². The number of rotatable bonds is 3. The maximum atomic E-state index is 9.66. The van der Waals surface area contributed by atoms with Crippen LogP contribution in [0.4, 0.5) is 0 Å². The van der Waals surface area contributed by atoms with Crippen LogP contribution in [0, 0.1) is 0 Å². The Labute approximate surface area is 82.6 Å². The van der Waals surface area contributed by atoms with E-state index in [-0.39, 0.29) is 6.61 Å². The Morgan fingerprint density at radius 1 is 1.36 bits per heavy atom. The molecule has 84 valence electrons. The third kappa shape index (κ3) is 2.22. The molecule has 0 spiro atoms. The lowest BCUT2D eigenvalue weighted by molar-refractivity contribution is -0.255. The van der Waals surface area contributed by atoms with Gasteiger partial charge in [0.15, 0.2) is 6.29 Å². The molecule has 1 aliphatic heterocycles. The summed E-state index contributed by atoms with van der Waals surface area (Å²) < 4.78 is 15.1. The molecule has 0 aliphatic carbocycles. The van der Waals surface area contributed by atoms with E-state index in [0.29, 0.717) is 0 Å². The lowest BCUT2D eigenvalue weighted by Gasteiger charge is -2.40. The second-order valence-corrected chi connectivity index (χ2v) is 3.29. The van der Waals surface area contributed by atoms with Crippen molar-refractivity contribution in [2.24, 2.45) is 5.73 Å². The summed E-state index contributed by atoms with van der Waals surface area (Å²) in [5, 5.41) is 19.0. The first-order valence-corrected chi connectivity index (χ1v) is 4.40. The minimum absolute atomic E-state index is 0.235. The first-order chi connectivity index (χ1) is 6.61. The van der Waals surface area contributed by atoms with E-state index >= 15 is 0 Å². The molecule has 6 heteroatoms. The zero-order valence-electron chi connectivity index (χ0n) is 8.29. The molecule has 4 N–H and O–H groups in total. The van der Waals surface area contributed by atoms with Gasteiger partial charge < -0.3 is 30.2 Å². The summed E-state index contributed by atoms with van der Waals surface area (Å²) in [5.41, 5.74) is 5.50. The van der Waals surface area contributed by atoms with E-state index in [2.05, 4.69) is 0 Å². The van der Waals surface area contributed by atoms with Gasteiger partial charge >= 0.3 is 0 Å².